The average molecular weight is 607 g/mol. The number of carbonyl (C=O) groups is 1. The van der Waals surface area contributed by atoms with Crippen LogP contribution in [-0.4, -0.2) is 37.0 Å². The van der Waals surface area contributed by atoms with Crippen LogP contribution in [0.15, 0.2) is 121 Å². The highest BCUT2D eigenvalue weighted by molar-refractivity contribution is 5.81. The summed E-state index contributed by atoms with van der Waals surface area (Å²) in [6.07, 6.45) is -1.57. The Balaban J connectivity index is 1.36. The molecule has 2 fully saturated rings. The lowest BCUT2D eigenvalue weighted by Crippen LogP contribution is -2.58. The van der Waals surface area contributed by atoms with Gasteiger partial charge in [0.15, 0.2) is 6.29 Å². The highest BCUT2D eigenvalue weighted by Gasteiger charge is 2.64. The van der Waals surface area contributed by atoms with Crippen molar-refractivity contribution in [3.8, 4) is 0 Å². The first-order valence-electron chi connectivity index (χ1n) is 15.9. The summed E-state index contributed by atoms with van der Waals surface area (Å²) in [6.45, 7) is 5.19. The lowest BCUT2D eigenvalue weighted by molar-refractivity contribution is -0.294. The zero-order valence-electron chi connectivity index (χ0n) is 26.0. The van der Waals surface area contributed by atoms with Crippen LogP contribution in [0.1, 0.15) is 42.5 Å². The Labute approximate surface area is 266 Å². The number of benzene rings is 4. The average Bonchev–Trinajstić information content (AvgIpc) is 3.44. The molecule has 234 valence electrons. The standard InChI is InChI=1S/C39H42O6/c1-3-39(32-22-14-7-15-23-32)35(28(2)40)34-37(43-26-31-20-12-6-13-21-31)36(42-25-30-18-10-5-11-19-30)33(44-38(34)45-39)27-41-24-29-16-8-4-9-17-29/h4-23,33-38H,3,24-27H2,1-2H3/t33-,34?,35+,36+,37-,38?,39-/m1/s1. The van der Waals surface area contributed by atoms with Gasteiger partial charge in [-0.25, -0.2) is 0 Å². The molecule has 0 aliphatic carbocycles. The van der Waals surface area contributed by atoms with Crippen LogP contribution in [0.3, 0.4) is 0 Å². The Bertz CT molecular complexity index is 1480. The first kappa shape index (κ1) is 31.3. The second kappa shape index (κ2) is 14.6. The van der Waals surface area contributed by atoms with E-state index in [2.05, 4.69) is 6.92 Å². The molecule has 2 unspecified atom stereocenters. The van der Waals surface area contributed by atoms with Crippen molar-refractivity contribution in [2.45, 2.75) is 70.3 Å². The first-order valence-corrected chi connectivity index (χ1v) is 15.9. The van der Waals surface area contributed by atoms with Crippen LogP contribution >= 0.6 is 0 Å². The number of carbonyl (C=O) groups excluding carboxylic acids is 1. The second-order valence-corrected chi connectivity index (χ2v) is 12.0. The van der Waals surface area contributed by atoms with E-state index in [1.54, 1.807) is 6.92 Å². The van der Waals surface area contributed by atoms with E-state index in [1.165, 1.54) is 0 Å². The van der Waals surface area contributed by atoms with Gasteiger partial charge in [-0.2, -0.15) is 0 Å². The fourth-order valence-corrected chi connectivity index (χ4v) is 6.99. The molecule has 45 heavy (non-hydrogen) atoms. The molecule has 0 aromatic heterocycles. The van der Waals surface area contributed by atoms with Crippen LogP contribution in [0.2, 0.25) is 0 Å². The molecule has 0 radical (unpaired) electrons. The highest BCUT2D eigenvalue weighted by Crippen LogP contribution is 2.54. The fourth-order valence-electron chi connectivity index (χ4n) is 6.99. The molecule has 6 heteroatoms. The van der Waals surface area contributed by atoms with E-state index in [4.69, 9.17) is 23.7 Å². The van der Waals surface area contributed by atoms with Gasteiger partial charge in [0.25, 0.3) is 0 Å². The molecular weight excluding hydrogens is 564 g/mol. The topological polar surface area (TPSA) is 63.2 Å². The summed E-state index contributed by atoms with van der Waals surface area (Å²) in [7, 11) is 0. The second-order valence-electron chi connectivity index (χ2n) is 12.0. The zero-order valence-corrected chi connectivity index (χ0v) is 26.0. The van der Waals surface area contributed by atoms with Crippen LogP contribution in [-0.2, 0) is 53.9 Å². The van der Waals surface area contributed by atoms with Crippen molar-refractivity contribution in [1.29, 1.82) is 0 Å². The maximum Gasteiger partial charge on any atom is 0.165 e. The quantitative estimate of drug-likeness (QED) is 0.160. The first-order chi connectivity index (χ1) is 22.1. The van der Waals surface area contributed by atoms with E-state index in [9.17, 15) is 4.79 Å². The summed E-state index contributed by atoms with van der Waals surface area (Å²) in [5, 5.41) is 0. The van der Waals surface area contributed by atoms with Gasteiger partial charge in [-0.15, -0.1) is 0 Å². The van der Waals surface area contributed by atoms with Crippen molar-refractivity contribution in [2.24, 2.45) is 11.8 Å². The van der Waals surface area contributed by atoms with Gasteiger partial charge < -0.3 is 23.7 Å². The molecule has 2 heterocycles. The molecule has 0 N–H and O–H groups in total. The van der Waals surface area contributed by atoms with E-state index < -0.39 is 42.0 Å². The van der Waals surface area contributed by atoms with Gasteiger partial charge in [-0.1, -0.05) is 128 Å². The Morgan fingerprint density at radius 2 is 1.18 bits per heavy atom. The lowest BCUT2D eigenvalue weighted by atomic mass is 9.69. The van der Waals surface area contributed by atoms with Gasteiger partial charge in [0, 0.05) is 0 Å². The van der Waals surface area contributed by atoms with Crippen LogP contribution in [0.4, 0.5) is 0 Å². The minimum Gasteiger partial charge on any atom is -0.374 e. The normalized spacial score (nSPS) is 27.6. The molecule has 4 aromatic rings. The monoisotopic (exact) mass is 606 g/mol. The maximum absolute atomic E-state index is 13.7. The van der Waals surface area contributed by atoms with E-state index >= 15 is 0 Å². The summed E-state index contributed by atoms with van der Waals surface area (Å²) < 4.78 is 33.5. The lowest BCUT2D eigenvalue weighted by Gasteiger charge is -2.44. The molecule has 0 bridgehead atoms. The van der Waals surface area contributed by atoms with E-state index in [0.717, 1.165) is 22.3 Å². The van der Waals surface area contributed by atoms with Gasteiger partial charge >= 0.3 is 0 Å². The van der Waals surface area contributed by atoms with Crippen molar-refractivity contribution in [3.05, 3.63) is 144 Å². The molecular formula is C39H42O6. The molecule has 6 rings (SSSR count). The molecule has 7 atom stereocenters. The van der Waals surface area contributed by atoms with Crippen molar-refractivity contribution in [2.75, 3.05) is 6.61 Å². The van der Waals surface area contributed by atoms with Gasteiger partial charge in [-0.3, -0.25) is 4.79 Å². The van der Waals surface area contributed by atoms with Crippen molar-refractivity contribution >= 4 is 5.78 Å². The van der Waals surface area contributed by atoms with Gasteiger partial charge in [0.2, 0.25) is 0 Å². The molecule has 2 saturated heterocycles. The smallest absolute Gasteiger partial charge is 0.165 e. The molecule has 2 aliphatic heterocycles. The van der Waals surface area contributed by atoms with Crippen molar-refractivity contribution < 1.29 is 28.5 Å². The highest BCUT2D eigenvalue weighted by atomic mass is 16.7. The molecule has 2 aliphatic rings. The largest absolute Gasteiger partial charge is 0.374 e. The summed E-state index contributed by atoms with van der Waals surface area (Å²) >= 11 is 0. The summed E-state index contributed by atoms with van der Waals surface area (Å²) in [6, 6.07) is 40.3. The minimum absolute atomic E-state index is 0.0469. The number of Topliss-reactive ketones (excluding diaryl/α,β-unsaturated/α-hetero) is 1. The predicted octanol–water partition coefficient (Wildman–Crippen LogP) is 7.26. The predicted molar refractivity (Wildman–Crippen MR) is 172 cm³/mol. The Morgan fingerprint density at radius 3 is 1.69 bits per heavy atom. The number of ketones is 1. The molecule has 0 amide bonds. The molecule has 0 saturated carbocycles. The van der Waals surface area contributed by atoms with Crippen LogP contribution in [0.5, 0.6) is 0 Å². The van der Waals surface area contributed by atoms with Crippen LogP contribution in [0.25, 0.3) is 0 Å². The van der Waals surface area contributed by atoms with Gasteiger partial charge in [-0.05, 0) is 35.6 Å². The Kier molecular flexibility index (Phi) is 10.2. The number of hydrogen-bond acceptors (Lipinski definition) is 6. The summed E-state index contributed by atoms with van der Waals surface area (Å²) in [5.41, 5.74) is 3.27. The van der Waals surface area contributed by atoms with Crippen LogP contribution in [0, 0.1) is 11.8 Å². The summed E-state index contributed by atoms with van der Waals surface area (Å²) in [4.78, 5) is 13.7. The molecule has 0 spiro atoms. The van der Waals surface area contributed by atoms with E-state index in [-0.39, 0.29) is 12.4 Å². The number of hydrogen-bond donors (Lipinski definition) is 0. The maximum atomic E-state index is 13.7. The van der Waals surface area contributed by atoms with E-state index in [0.29, 0.717) is 26.2 Å². The third kappa shape index (κ3) is 6.96. The summed E-state index contributed by atoms with van der Waals surface area (Å²) in [5.74, 6) is -0.840. The van der Waals surface area contributed by atoms with Crippen molar-refractivity contribution in [3.63, 3.8) is 0 Å². The number of fused-ring (bicyclic) bond motifs is 1. The van der Waals surface area contributed by atoms with Gasteiger partial charge in [0.1, 0.15) is 23.6 Å². The van der Waals surface area contributed by atoms with Crippen LogP contribution < -0.4 is 0 Å². The minimum atomic E-state index is -0.861. The SMILES string of the molecule is CC[C@]1(c2ccccc2)OC2O[C@H](COCc3ccccc3)[C@H](OCc3ccccc3)[C@H](OCc3ccccc3)C2[C@@H]1C(C)=O. The Hall–Kier alpha value is -3.65. The van der Waals surface area contributed by atoms with Crippen molar-refractivity contribution in [1.82, 2.24) is 0 Å². The third-order valence-corrected chi connectivity index (χ3v) is 9.10. The van der Waals surface area contributed by atoms with E-state index in [1.807, 2.05) is 121 Å². The zero-order chi connectivity index (χ0) is 31.1. The number of rotatable bonds is 13. The van der Waals surface area contributed by atoms with Gasteiger partial charge in [0.05, 0.1) is 44.4 Å². The molecule has 4 aromatic carbocycles. The fraction of sp³-hybridized carbons (Fsp3) is 0.359. The number of ether oxygens (including phenoxy) is 5. The third-order valence-electron chi connectivity index (χ3n) is 9.10. The Morgan fingerprint density at radius 1 is 0.689 bits per heavy atom. The molecule has 6 nitrogen and oxygen atoms in total.